The van der Waals surface area contributed by atoms with Crippen LogP contribution in [0.15, 0.2) is 0 Å². The number of hydrogen-bond acceptors (Lipinski definition) is 4. The van der Waals surface area contributed by atoms with Crippen molar-refractivity contribution in [2.75, 3.05) is 32.8 Å². The molecule has 1 saturated heterocycles. The Morgan fingerprint density at radius 3 is 2.12 bits per heavy atom. The van der Waals surface area contributed by atoms with Crippen LogP contribution in [-0.2, 0) is 9.53 Å². The Morgan fingerprint density at radius 2 is 1.72 bits per heavy atom. The van der Waals surface area contributed by atoms with E-state index in [2.05, 4.69) is 22.9 Å². The average molecular weight is 421 g/mol. The van der Waals surface area contributed by atoms with Gasteiger partial charge in [-0.15, -0.1) is 0 Å². The molecular formula is C18H33BrN2O4. The molecule has 0 aromatic rings. The molecule has 1 aliphatic rings. The summed E-state index contributed by atoms with van der Waals surface area (Å²) in [6, 6.07) is 0. The molecule has 0 aliphatic carbocycles. The fraction of sp³-hybridized carbons (Fsp3) is 0.889. The van der Waals surface area contributed by atoms with E-state index < -0.39 is 9.93 Å². The van der Waals surface area contributed by atoms with Crippen LogP contribution in [-0.4, -0.2) is 69.6 Å². The molecule has 0 saturated carbocycles. The molecule has 1 fully saturated rings. The Morgan fingerprint density at radius 1 is 1.20 bits per heavy atom. The number of carbonyl (C=O) groups is 2. The molecule has 2 amide bonds. The lowest BCUT2D eigenvalue weighted by atomic mass is 9.79. The first kappa shape index (κ1) is 22.2. The minimum atomic E-state index is -0.657. The molecule has 0 spiro atoms. The van der Waals surface area contributed by atoms with Gasteiger partial charge in [-0.05, 0) is 52.9 Å². The van der Waals surface area contributed by atoms with Crippen LogP contribution in [0.2, 0.25) is 0 Å². The first-order valence-corrected chi connectivity index (χ1v) is 9.64. The van der Waals surface area contributed by atoms with E-state index in [0.717, 1.165) is 12.8 Å². The Hall–Kier alpha value is -0.820. The lowest BCUT2D eigenvalue weighted by Gasteiger charge is -2.43. The van der Waals surface area contributed by atoms with E-state index >= 15 is 0 Å². The zero-order chi connectivity index (χ0) is 19.5. The summed E-state index contributed by atoms with van der Waals surface area (Å²) in [5.41, 5.74) is -0.578. The predicted octanol–water partition coefficient (Wildman–Crippen LogP) is 3.02. The highest BCUT2D eigenvalue weighted by atomic mass is 79.9. The Balaban J connectivity index is 2.68. The van der Waals surface area contributed by atoms with E-state index in [1.807, 2.05) is 34.6 Å². The first-order chi connectivity index (χ1) is 11.3. The van der Waals surface area contributed by atoms with Crippen molar-refractivity contribution in [2.24, 2.45) is 5.41 Å². The van der Waals surface area contributed by atoms with Crippen molar-refractivity contribution in [3.8, 4) is 0 Å². The summed E-state index contributed by atoms with van der Waals surface area (Å²) in [6.07, 6.45) is 1.31. The molecule has 0 aromatic carbocycles. The number of carbonyl (C=O) groups excluding carboxylic acids is 2. The molecule has 0 aromatic heterocycles. The fourth-order valence-electron chi connectivity index (χ4n) is 2.92. The average Bonchev–Trinajstić information content (AvgIpc) is 2.43. The van der Waals surface area contributed by atoms with Crippen LogP contribution in [0.4, 0.5) is 4.79 Å². The molecule has 0 radical (unpaired) electrons. The van der Waals surface area contributed by atoms with Gasteiger partial charge in [-0.25, -0.2) is 4.79 Å². The third-order valence-corrected chi connectivity index (χ3v) is 4.70. The number of hydrogen-bond donors (Lipinski definition) is 1. The quantitative estimate of drug-likeness (QED) is 0.693. The Bertz CT molecular complexity index is 474. The third-order valence-electron chi connectivity index (χ3n) is 4.36. The maximum Gasteiger partial charge on any atom is 0.410 e. The zero-order valence-corrected chi connectivity index (χ0v) is 18.0. The van der Waals surface area contributed by atoms with Gasteiger partial charge in [-0.3, -0.25) is 4.79 Å². The van der Waals surface area contributed by atoms with Gasteiger partial charge in [0.05, 0.1) is 10.9 Å². The molecule has 6 nitrogen and oxygen atoms in total. The maximum atomic E-state index is 12.6. The zero-order valence-electron chi connectivity index (χ0n) is 16.4. The van der Waals surface area contributed by atoms with E-state index in [1.54, 1.807) is 9.80 Å². The molecule has 0 atom stereocenters. The molecule has 1 N–H and O–H groups in total. The maximum absolute atomic E-state index is 12.6. The van der Waals surface area contributed by atoms with Crippen LogP contribution in [0.1, 0.15) is 54.4 Å². The highest BCUT2D eigenvalue weighted by Crippen LogP contribution is 2.33. The van der Waals surface area contributed by atoms with Crippen molar-refractivity contribution < 1.29 is 19.4 Å². The normalized spacial score (nSPS) is 18.0. The number of alkyl halides is 1. The van der Waals surface area contributed by atoms with Gasteiger partial charge in [0.2, 0.25) is 5.91 Å². The van der Waals surface area contributed by atoms with Crippen LogP contribution in [0.3, 0.4) is 0 Å². The first-order valence-electron chi connectivity index (χ1n) is 8.84. The van der Waals surface area contributed by atoms with E-state index in [1.165, 1.54) is 0 Å². The summed E-state index contributed by atoms with van der Waals surface area (Å²) in [6.45, 7) is 13.4. The molecule has 1 rings (SSSR count). The highest BCUT2D eigenvalue weighted by molar-refractivity contribution is 9.10. The van der Waals surface area contributed by atoms with Gasteiger partial charge in [-0.2, -0.15) is 0 Å². The summed E-state index contributed by atoms with van der Waals surface area (Å²) < 4.78 is 4.77. The lowest BCUT2D eigenvalue weighted by molar-refractivity contribution is -0.135. The van der Waals surface area contributed by atoms with Crippen molar-refractivity contribution in [1.29, 1.82) is 0 Å². The molecule has 0 bridgehead atoms. The molecule has 0 unspecified atom stereocenters. The molecule has 25 heavy (non-hydrogen) atoms. The topological polar surface area (TPSA) is 70.1 Å². The number of rotatable bonds is 5. The van der Waals surface area contributed by atoms with Crippen molar-refractivity contribution in [3.05, 3.63) is 0 Å². The number of aliphatic hydroxyl groups excluding tert-OH is 1. The van der Waals surface area contributed by atoms with Crippen LogP contribution >= 0.6 is 15.9 Å². The van der Waals surface area contributed by atoms with E-state index in [9.17, 15) is 14.7 Å². The fourth-order valence-corrected chi connectivity index (χ4v) is 3.17. The Labute approximate surface area is 160 Å². The van der Waals surface area contributed by atoms with Gasteiger partial charge in [-0.1, -0.05) is 22.9 Å². The van der Waals surface area contributed by atoms with Gasteiger partial charge in [0.1, 0.15) is 5.60 Å². The summed E-state index contributed by atoms with van der Waals surface area (Å²) in [7, 11) is 0. The summed E-state index contributed by atoms with van der Waals surface area (Å²) >= 11 is 3.41. The standard InChI is InChI=1S/C18H33BrN2O4/c1-16(2,3)25-15(24)20-9-7-18(6,8-10-20)13-21(11-12-22)14(23)17(4,5)19/h22H,7-13H2,1-6H3. The summed E-state index contributed by atoms with van der Waals surface area (Å²) in [5.74, 6) is -0.0302. The van der Waals surface area contributed by atoms with Gasteiger partial charge in [0.15, 0.2) is 0 Å². The number of halogens is 1. The second-order valence-corrected chi connectivity index (χ2v) is 10.7. The predicted molar refractivity (Wildman–Crippen MR) is 102 cm³/mol. The molecular weight excluding hydrogens is 388 g/mol. The van der Waals surface area contributed by atoms with E-state index in [4.69, 9.17) is 4.74 Å². The van der Waals surface area contributed by atoms with Crippen molar-refractivity contribution in [2.45, 2.75) is 64.3 Å². The monoisotopic (exact) mass is 420 g/mol. The van der Waals surface area contributed by atoms with Crippen molar-refractivity contribution in [1.82, 2.24) is 9.80 Å². The van der Waals surface area contributed by atoms with Crippen LogP contribution < -0.4 is 0 Å². The third kappa shape index (κ3) is 7.13. The smallest absolute Gasteiger partial charge is 0.410 e. The van der Waals surface area contributed by atoms with E-state index in [-0.39, 0.29) is 24.0 Å². The molecule has 1 heterocycles. The molecule has 7 heteroatoms. The van der Waals surface area contributed by atoms with Crippen LogP contribution in [0, 0.1) is 5.41 Å². The number of nitrogens with zero attached hydrogens (tertiary/aromatic N) is 2. The number of amides is 2. The number of ether oxygens (including phenoxy) is 1. The second-order valence-electron chi connectivity index (χ2n) is 8.70. The van der Waals surface area contributed by atoms with Crippen molar-refractivity contribution in [3.63, 3.8) is 0 Å². The van der Waals surface area contributed by atoms with Crippen LogP contribution in [0.25, 0.3) is 0 Å². The molecule has 1 aliphatic heterocycles. The second kappa shape index (κ2) is 8.25. The molecule has 146 valence electrons. The van der Waals surface area contributed by atoms with Gasteiger partial charge in [0.25, 0.3) is 0 Å². The minimum Gasteiger partial charge on any atom is -0.444 e. The Kier molecular flexibility index (Phi) is 7.33. The highest BCUT2D eigenvalue weighted by Gasteiger charge is 2.38. The van der Waals surface area contributed by atoms with Gasteiger partial charge < -0.3 is 19.6 Å². The summed E-state index contributed by atoms with van der Waals surface area (Å²) in [5, 5.41) is 9.31. The van der Waals surface area contributed by atoms with E-state index in [0.29, 0.717) is 26.2 Å². The SMILES string of the molecule is CC1(CN(CCO)C(=O)C(C)(C)Br)CCN(C(=O)OC(C)(C)C)CC1. The van der Waals surface area contributed by atoms with Gasteiger partial charge in [0, 0.05) is 26.2 Å². The van der Waals surface area contributed by atoms with Crippen molar-refractivity contribution >= 4 is 27.9 Å². The lowest BCUT2D eigenvalue weighted by Crippen LogP contribution is -2.51. The number of aliphatic hydroxyl groups is 1. The number of likely N-dealkylation sites (tertiary alicyclic amines) is 1. The number of piperidine rings is 1. The van der Waals surface area contributed by atoms with Crippen LogP contribution in [0.5, 0.6) is 0 Å². The summed E-state index contributed by atoms with van der Waals surface area (Å²) in [4.78, 5) is 28.2. The van der Waals surface area contributed by atoms with Gasteiger partial charge >= 0.3 is 6.09 Å². The largest absolute Gasteiger partial charge is 0.444 e. The minimum absolute atomic E-state index is 0.0302.